The van der Waals surface area contributed by atoms with E-state index in [4.69, 9.17) is 0 Å². The Labute approximate surface area is 185 Å². The van der Waals surface area contributed by atoms with Crippen LogP contribution in [0.3, 0.4) is 0 Å². The van der Waals surface area contributed by atoms with Crippen LogP contribution in [-0.2, 0) is 9.59 Å². The fourth-order valence-electron chi connectivity index (χ4n) is 3.86. The summed E-state index contributed by atoms with van der Waals surface area (Å²) in [7, 11) is 5.49. The zero-order valence-corrected chi connectivity index (χ0v) is 20.1. The third-order valence-electron chi connectivity index (χ3n) is 5.36. The Morgan fingerprint density at radius 3 is 1.77 bits per heavy atom. The number of ketones is 1. The number of quaternary nitrogens is 1. The van der Waals surface area contributed by atoms with Gasteiger partial charge in [0.15, 0.2) is 11.4 Å². The quantitative estimate of drug-likeness (QED) is 0.180. The van der Waals surface area contributed by atoms with Gasteiger partial charge in [-0.25, -0.2) is 0 Å². The van der Waals surface area contributed by atoms with E-state index in [0.29, 0.717) is 10.9 Å². The van der Waals surface area contributed by atoms with Crippen molar-refractivity contribution < 1.29 is 24.3 Å². The summed E-state index contributed by atoms with van der Waals surface area (Å²) in [5.41, 5.74) is -1.83. The van der Waals surface area contributed by atoms with E-state index in [2.05, 4.69) is 19.1 Å². The van der Waals surface area contributed by atoms with Crippen LogP contribution in [0.15, 0.2) is 12.2 Å². The lowest BCUT2D eigenvalue weighted by Crippen LogP contribution is -2.56. The van der Waals surface area contributed by atoms with E-state index in [9.17, 15) is 19.8 Å². The minimum Gasteiger partial charge on any atom is -0.550 e. The van der Waals surface area contributed by atoms with Gasteiger partial charge in [0.25, 0.3) is 0 Å². The van der Waals surface area contributed by atoms with Gasteiger partial charge in [0.2, 0.25) is 0 Å². The summed E-state index contributed by atoms with van der Waals surface area (Å²) in [4.78, 5) is 23.4. The molecule has 0 aliphatic rings. The molecular formula is C25H47NO4. The Morgan fingerprint density at radius 2 is 1.30 bits per heavy atom. The Morgan fingerprint density at radius 1 is 0.833 bits per heavy atom. The Bertz CT molecular complexity index is 496. The number of allylic oxidation sites excluding steroid dienone is 2. The highest BCUT2D eigenvalue weighted by Gasteiger charge is 2.40. The summed E-state index contributed by atoms with van der Waals surface area (Å²) in [6, 6.07) is 0. The molecule has 0 aliphatic heterocycles. The van der Waals surface area contributed by atoms with Gasteiger partial charge in [0, 0.05) is 18.8 Å². The molecule has 5 heteroatoms. The second-order valence-corrected chi connectivity index (χ2v) is 9.79. The van der Waals surface area contributed by atoms with Gasteiger partial charge < -0.3 is 19.5 Å². The molecular weight excluding hydrogens is 378 g/mol. The van der Waals surface area contributed by atoms with Gasteiger partial charge >= 0.3 is 0 Å². The normalized spacial score (nSPS) is 14.2. The molecule has 0 aromatic heterocycles. The van der Waals surface area contributed by atoms with Crippen molar-refractivity contribution in [2.24, 2.45) is 0 Å². The fourth-order valence-corrected chi connectivity index (χ4v) is 3.86. The number of likely N-dealkylation sites (N-methyl/N-ethyl adjacent to an activating group) is 1. The van der Waals surface area contributed by atoms with Gasteiger partial charge in [0.05, 0.1) is 21.1 Å². The lowest BCUT2D eigenvalue weighted by Gasteiger charge is -2.34. The van der Waals surface area contributed by atoms with Gasteiger partial charge in [-0.05, 0) is 32.1 Å². The maximum absolute atomic E-state index is 12.5. The maximum atomic E-state index is 12.5. The summed E-state index contributed by atoms with van der Waals surface area (Å²) in [5.74, 6) is -1.76. The largest absolute Gasteiger partial charge is 0.550 e. The Kier molecular flexibility index (Phi) is 15.8. The third-order valence-corrected chi connectivity index (χ3v) is 5.36. The SMILES string of the molecule is CCCCCCC=CCCCCCCCCCC(=O)C(O)(CC(=O)[O-])C[N+](C)(C)C. The predicted molar refractivity (Wildman–Crippen MR) is 122 cm³/mol. The number of carbonyl (C=O) groups excluding carboxylic acids is 2. The van der Waals surface area contributed by atoms with Crippen LogP contribution in [0.25, 0.3) is 0 Å². The van der Waals surface area contributed by atoms with E-state index in [1.165, 1.54) is 57.8 Å². The molecule has 0 saturated carbocycles. The maximum Gasteiger partial charge on any atom is 0.177 e. The minimum atomic E-state index is -1.83. The molecule has 0 aliphatic carbocycles. The molecule has 0 saturated heterocycles. The standard InChI is InChI=1S/C25H47NO4/c1-5-6-7-8-9-10-11-12-13-14-15-16-17-18-19-20-23(27)25(30,21-24(28)29)22-26(2,3)4/h10-11,30H,5-9,12-22H2,1-4H3. The molecule has 1 N–H and O–H groups in total. The second kappa shape index (κ2) is 16.5. The van der Waals surface area contributed by atoms with E-state index in [1.807, 2.05) is 21.1 Å². The van der Waals surface area contributed by atoms with Crippen LogP contribution in [0, 0.1) is 0 Å². The Balaban J connectivity index is 3.82. The van der Waals surface area contributed by atoms with Gasteiger partial charge in [-0.1, -0.05) is 70.4 Å². The molecule has 0 amide bonds. The number of carbonyl (C=O) groups is 2. The molecule has 0 heterocycles. The Hall–Kier alpha value is -1.20. The van der Waals surface area contributed by atoms with Crippen LogP contribution in [0.2, 0.25) is 0 Å². The summed E-state index contributed by atoms with van der Waals surface area (Å²) < 4.78 is 0.323. The second-order valence-electron chi connectivity index (χ2n) is 9.79. The molecule has 0 radical (unpaired) electrons. The van der Waals surface area contributed by atoms with Crippen LogP contribution in [0.1, 0.15) is 103 Å². The fraction of sp³-hybridized carbons (Fsp3) is 0.840. The summed E-state index contributed by atoms with van der Waals surface area (Å²) in [6.07, 6.45) is 19.5. The molecule has 0 rings (SSSR count). The van der Waals surface area contributed by atoms with E-state index >= 15 is 0 Å². The van der Waals surface area contributed by atoms with Crippen LogP contribution in [0.5, 0.6) is 0 Å². The number of aliphatic carboxylic acids is 1. The van der Waals surface area contributed by atoms with Crippen molar-refractivity contribution in [3.63, 3.8) is 0 Å². The average molecular weight is 426 g/mol. The van der Waals surface area contributed by atoms with Crippen molar-refractivity contribution in [2.45, 2.75) is 109 Å². The zero-order valence-electron chi connectivity index (χ0n) is 20.1. The van der Waals surface area contributed by atoms with Crippen LogP contribution < -0.4 is 5.11 Å². The average Bonchev–Trinajstić information content (AvgIpc) is 2.62. The third kappa shape index (κ3) is 16.6. The molecule has 30 heavy (non-hydrogen) atoms. The molecule has 0 aromatic carbocycles. The number of nitrogens with zero attached hydrogens (tertiary/aromatic N) is 1. The summed E-state index contributed by atoms with van der Waals surface area (Å²) in [6.45, 7) is 2.32. The first-order valence-electron chi connectivity index (χ1n) is 12.0. The highest BCUT2D eigenvalue weighted by Crippen LogP contribution is 2.20. The number of Topliss-reactive ketones (excluding diaryl/α,β-unsaturated/α-hetero) is 1. The van der Waals surface area contributed by atoms with Crippen molar-refractivity contribution in [1.82, 2.24) is 0 Å². The van der Waals surface area contributed by atoms with Gasteiger partial charge in [-0.2, -0.15) is 0 Å². The highest BCUT2D eigenvalue weighted by molar-refractivity contribution is 5.90. The molecule has 0 fully saturated rings. The van der Waals surface area contributed by atoms with Crippen molar-refractivity contribution >= 4 is 11.8 Å². The number of hydrogen-bond donors (Lipinski definition) is 1. The number of unbranched alkanes of at least 4 members (excludes halogenated alkanes) is 11. The number of carboxylic acid groups (broad SMARTS) is 1. The lowest BCUT2D eigenvalue weighted by atomic mass is 9.89. The van der Waals surface area contributed by atoms with E-state index in [1.54, 1.807) is 0 Å². The van der Waals surface area contributed by atoms with Crippen molar-refractivity contribution in [2.75, 3.05) is 27.7 Å². The smallest absolute Gasteiger partial charge is 0.177 e. The predicted octanol–water partition coefficient (Wildman–Crippen LogP) is 4.17. The first-order chi connectivity index (χ1) is 14.1. The number of aliphatic hydroxyl groups is 1. The molecule has 1 unspecified atom stereocenters. The van der Waals surface area contributed by atoms with Crippen molar-refractivity contribution in [3.05, 3.63) is 12.2 Å². The zero-order chi connectivity index (χ0) is 22.9. The number of rotatable bonds is 20. The van der Waals surface area contributed by atoms with Gasteiger partial charge in [-0.3, -0.25) is 4.79 Å². The van der Waals surface area contributed by atoms with Crippen LogP contribution >= 0.6 is 0 Å². The van der Waals surface area contributed by atoms with E-state index in [0.717, 1.165) is 19.3 Å². The molecule has 176 valence electrons. The van der Waals surface area contributed by atoms with Crippen LogP contribution in [0.4, 0.5) is 0 Å². The van der Waals surface area contributed by atoms with Crippen molar-refractivity contribution in [1.29, 1.82) is 0 Å². The topological polar surface area (TPSA) is 77.4 Å². The van der Waals surface area contributed by atoms with Crippen molar-refractivity contribution in [3.8, 4) is 0 Å². The molecule has 0 bridgehead atoms. The number of hydrogen-bond acceptors (Lipinski definition) is 4. The lowest BCUT2D eigenvalue weighted by molar-refractivity contribution is -0.875. The first kappa shape index (κ1) is 28.8. The molecule has 1 atom stereocenters. The van der Waals surface area contributed by atoms with E-state index in [-0.39, 0.29) is 18.7 Å². The van der Waals surface area contributed by atoms with Gasteiger partial charge in [0.1, 0.15) is 6.54 Å². The summed E-state index contributed by atoms with van der Waals surface area (Å²) in [5, 5.41) is 21.6. The minimum absolute atomic E-state index is 0.0764. The molecule has 0 aromatic rings. The first-order valence-corrected chi connectivity index (χ1v) is 12.0. The van der Waals surface area contributed by atoms with Crippen LogP contribution in [-0.4, -0.2) is 54.6 Å². The summed E-state index contributed by atoms with van der Waals surface area (Å²) >= 11 is 0. The highest BCUT2D eigenvalue weighted by atomic mass is 16.4. The molecule has 0 spiro atoms. The monoisotopic (exact) mass is 425 g/mol. The molecule has 5 nitrogen and oxygen atoms in total. The number of carboxylic acids is 1. The van der Waals surface area contributed by atoms with E-state index < -0.39 is 18.0 Å². The van der Waals surface area contributed by atoms with Gasteiger partial charge in [-0.15, -0.1) is 0 Å².